The minimum absolute atomic E-state index is 0.187. The van der Waals surface area contributed by atoms with Gasteiger partial charge in [-0.05, 0) is 55.9 Å². The smallest absolute Gasteiger partial charge is 0.243 e. The molecule has 0 saturated carbocycles. The molecule has 2 heterocycles. The summed E-state index contributed by atoms with van der Waals surface area (Å²) >= 11 is 0. The number of nitrogens with one attached hydrogen (secondary N) is 1. The van der Waals surface area contributed by atoms with Crippen molar-refractivity contribution in [1.82, 2.24) is 9.62 Å². The van der Waals surface area contributed by atoms with Crippen molar-refractivity contribution in [1.29, 1.82) is 0 Å². The van der Waals surface area contributed by atoms with Gasteiger partial charge in [0.2, 0.25) is 21.8 Å². The van der Waals surface area contributed by atoms with Gasteiger partial charge in [0.05, 0.1) is 18.1 Å². The second-order valence-electron chi connectivity index (χ2n) is 8.57. The number of morpholine rings is 1. The van der Waals surface area contributed by atoms with Crippen molar-refractivity contribution in [3.8, 4) is 0 Å². The highest BCUT2D eigenvalue weighted by Crippen LogP contribution is 2.35. The predicted octanol–water partition coefficient (Wildman–Crippen LogP) is 1.99. The van der Waals surface area contributed by atoms with Crippen molar-refractivity contribution < 1.29 is 22.7 Å². The molecule has 8 nitrogen and oxygen atoms in total. The molecule has 1 saturated heterocycles. The summed E-state index contributed by atoms with van der Waals surface area (Å²) in [6.07, 6.45) is 8.01. The number of sulfonamides is 1. The van der Waals surface area contributed by atoms with Crippen molar-refractivity contribution >= 4 is 27.5 Å². The molecular weight excluding hydrogens is 430 g/mol. The van der Waals surface area contributed by atoms with Crippen LogP contribution >= 0.6 is 0 Å². The first-order valence-electron chi connectivity index (χ1n) is 11.3. The third kappa shape index (κ3) is 4.74. The van der Waals surface area contributed by atoms with E-state index in [0.717, 1.165) is 19.3 Å². The van der Waals surface area contributed by atoms with Gasteiger partial charge >= 0.3 is 0 Å². The summed E-state index contributed by atoms with van der Waals surface area (Å²) in [6, 6.07) is 4.11. The molecule has 1 N–H and O–H groups in total. The lowest BCUT2D eigenvalue weighted by Gasteiger charge is -2.26. The van der Waals surface area contributed by atoms with Gasteiger partial charge in [0.25, 0.3) is 0 Å². The summed E-state index contributed by atoms with van der Waals surface area (Å²) in [7, 11) is -3.64. The highest BCUT2D eigenvalue weighted by Gasteiger charge is 2.38. The quantitative estimate of drug-likeness (QED) is 0.654. The molecule has 2 amide bonds. The van der Waals surface area contributed by atoms with Crippen LogP contribution in [0.2, 0.25) is 0 Å². The van der Waals surface area contributed by atoms with Crippen LogP contribution in [0.5, 0.6) is 0 Å². The van der Waals surface area contributed by atoms with Crippen LogP contribution in [0.25, 0.3) is 0 Å². The molecule has 1 aromatic carbocycles. The molecule has 2 aliphatic heterocycles. The van der Waals surface area contributed by atoms with E-state index in [9.17, 15) is 18.0 Å². The Morgan fingerprint density at radius 1 is 1.19 bits per heavy atom. The van der Waals surface area contributed by atoms with E-state index in [2.05, 4.69) is 11.4 Å². The van der Waals surface area contributed by atoms with Crippen molar-refractivity contribution in [2.45, 2.75) is 56.4 Å². The zero-order chi connectivity index (χ0) is 22.7. The Hall–Kier alpha value is -2.23. The fourth-order valence-corrected chi connectivity index (χ4v) is 6.18. The molecule has 0 spiro atoms. The number of benzene rings is 1. The number of nitrogens with zero attached hydrogens (tertiary/aromatic N) is 2. The lowest BCUT2D eigenvalue weighted by atomic mass is 9.97. The first-order chi connectivity index (χ1) is 15.4. The molecule has 1 aliphatic carbocycles. The van der Waals surface area contributed by atoms with E-state index < -0.39 is 16.1 Å². The number of rotatable bonds is 6. The molecule has 3 aliphatic rings. The summed E-state index contributed by atoms with van der Waals surface area (Å²) in [5.74, 6) is -0.437. The van der Waals surface area contributed by atoms with Crippen molar-refractivity contribution in [2.75, 3.05) is 37.7 Å². The Morgan fingerprint density at radius 3 is 2.66 bits per heavy atom. The number of hydrogen-bond acceptors (Lipinski definition) is 5. The predicted molar refractivity (Wildman–Crippen MR) is 121 cm³/mol. The van der Waals surface area contributed by atoms with E-state index in [4.69, 9.17) is 4.74 Å². The Kier molecular flexibility index (Phi) is 6.97. The fraction of sp³-hybridized carbons (Fsp3) is 0.565. The molecule has 174 valence electrons. The van der Waals surface area contributed by atoms with Crippen molar-refractivity contribution in [3.05, 3.63) is 35.4 Å². The number of allylic oxidation sites excluding steroid dienone is 1. The van der Waals surface area contributed by atoms with Crippen LogP contribution in [-0.2, 0) is 30.8 Å². The van der Waals surface area contributed by atoms with Gasteiger partial charge in [-0.15, -0.1) is 0 Å². The number of fused-ring (bicyclic) bond motifs is 1. The topological polar surface area (TPSA) is 96.0 Å². The van der Waals surface area contributed by atoms with Gasteiger partial charge in [0.15, 0.2) is 0 Å². The maximum Gasteiger partial charge on any atom is 0.243 e. The largest absolute Gasteiger partial charge is 0.379 e. The number of anilines is 1. The van der Waals surface area contributed by atoms with Gasteiger partial charge in [0, 0.05) is 38.7 Å². The number of hydrogen-bond donors (Lipinski definition) is 1. The second-order valence-corrected chi connectivity index (χ2v) is 10.5. The van der Waals surface area contributed by atoms with Crippen LogP contribution in [0.15, 0.2) is 34.7 Å². The van der Waals surface area contributed by atoms with Crippen LogP contribution in [0.3, 0.4) is 0 Å². The van der Waals surface area contributed by atoms with E-state index in [1.807, 2.05) is 0 Å². The molecular formula is C23H31N3O5S. The normalized spacial score (nSPS) is 21.7. The van der Waals surface area contributed by atoms with E-state index in [-0.39, 0.29) is 16.7 Å². The van der Waals surface area contributed by atoms with Gasteiger partial charge in [0.1, 0.15) is 6.04 Å². The minimum atomic E-state index is -3.64. The number of amides is 2. The molecule has 32 heavy (non-hydrogen) atoms. The molecule has 0 radical (unpaired) electrons. The average Bonchev–Trinajstić information content (AvgIpc) is 3.19. The van der Waals surface area contributed by atoms with E-state index in [1.54, 1.807) is 12.1 Å². The van der Waals surface area contributed by atoms with Crippen LogP contribution in [-0.4, -0.2) is 63.4 Å². The Bertz CT molecular complexity index is 1010. The standard InChI is InChI=1S/C23H31N3O5S/c1-17(27)26-21-8-7-20(32(29,30)25-11-13-31-14-12-25)15-19(21)16-22(26)23(28)24-10-9-18-5-3-2-4-6-18/h5,7-8,15,22H,2-4,6,9-14,16H2,1H3,(H,24,28). The maximum atomic E-state index is 13.0. The van der Waals surface area contributed by atoms with Gasteiger partial charge in [-0.1, -0.05) is 11.6 Å². The Morgan fingerprint density at radius 2 is 1.97 bits per heavy atom. The fourth-order valence-electron chi connectivity index (χ4n) is 4.72. The summed E-state index contributed by atoms with van der Waals surface area (Å²) in [5, 5.41) is 2.97. The van der Waals surface area contributed by atoms with E-state index >= 15 is 0 Å². The van der Waals surface area contributed by atoms with Crippen LogP contribution in [0.1, 0.15) is 44.6 Å². The lowest BCUT2D eigenvalue weighted by Crippen LogP contribution is -2.47. The van der Waals surface area contributed by atoms with Gasteiger partial charge in [-0.3, -0.25) is 14.5 Å². The highest BCUT2D eigenvalue weighted by molar-refractivity contribution is 7.89. The van der Waals surface area contributed by atoms with Gasteiger partial charge < -0.3 is 10.1 Å². The molecule has 0 bridgehead atoms. The summed E-state index contributed by atoms with van der Waals surface area (Å²) in [5.41, 5.74) is 2.69. The van der Waals surface area contributed by atoms with Crippen molar-refractivity contribution in [3.63, 3.8) is 0 Å². The van der Waals surface area contributed by atoms with Crippen LogP contribution in [0, 0.1) is 0 Å². The van der Waals surface area contributed by atoms with E-state index in [1.165, 1.54) is 40.6 Å². The number of carbonyl (C=O) groups is 2. The highest BCUT2D eigenvalue weighted by atomic mass is 32.2. The Balaban J connectivity index is 1.48. The van der Waals surface area contributed by atoms with E-state index in [0.29, 0.717) is 50.5 Å². The molecule has 4 rings (SSSR count). The van der Waals surface area contributed by atoms with Gasteiger partial charge in [-0.25, -0.2) is 8.42 Å². The van der Waals surface area contributed by atoms with Crippen LogP contribution < -0.4 is 10.2 Å². The molecule has 1 unspecified atom stereocenters. The van der Waals surface area contributed by atoms with Crippen molar-refractivity contribution in [2.24, 2.45) is 0 Å². The summed E-state index contributed by atoms with van der Waals surface area (Å²) < 4.78 is 32.7. The summed E-state index contributed by atoms with van der Waals surface area (Å²) in [6.45, 7) is 3.37. The Labute approximate surface area is 189 Å². The summed E-state index contributed by atoms with van der Waals surface area (Å²) in [4.78, 5) is 27.0. The maximum absolute atomic E-state index is 13.0. The molecule has 1 aromatic rings. The second kappa shape index (κ2) is 9.72. The first kappa shape index (κ1) is 22.9. The monoisotopic (exact) mass is 461 g/mol. The zero-order valence-electron chi connectivity index (χ0n) is 18.5. The number of ether oxygens (including phenoxy) is 1. The van der Waals surface area contributed by atoms with Crippen LogP contribution in [0.4, 0.5) is 5.69 Å². The zero-order valence-corrected chi connectivity index (χ0v) is 19.3. The SMILES string of the molecule is CC(=O)N1c2ccc(S(=O)(=O)N3CCOCC3)cc2CC1C(=O)NCCC1=CCCCC1. The first-order valence-corrected chi connectivity index (χ1v) is 12.8. The number of carbonyl (C=O) groups excluding carboxylic acids is 2. The molecule has 1 fully saturated rings. The van der Waals surface area contributed by atoms with Gasteiger partial charge in [-0.2, -0.15) is 4.31 Å². The minimum Gasteiger partial charge on any atom is -0.379 e. The molecule has 1 atom stereocenters. The third-order valence-corrected chi connectivity index (χ3v) is 8.31. The lowest BCUT2D eigenvalue weighted by molar-refractivity contribution is -0.125. The molecule has 9 heteroatoms. The third-order valence-electron chi connectivity index (χ3n) is 6.42. The average molecular weight is 462 g/mol. The molecule has 0 aromatic heterocycles.